The highest BCUT2D eigenvalue weighted by molar-refractivity contribution is 6.09. The van der Waals surface area contributed by atoms with E-state index in [4.69, 9.17) is 29.9 Å². The summed E-state index contributed by atoms with van der Waals surface area (Å²) < 4.78 is 0. The van der Waals surface area contributed by atoms with Crippen molar-refractivity contribution >= 4 is 109 Å². The van der Waals surface area contributed by atoms with Gasteiger partial charge in [0.05, 0.1) is 89.3 Å². The number of pyridine rings is 10. The Morgan fingerprint density at radius 3 is 1.03 bits per heavy atom. The third kappa shape index (κ3) is 11.4. The predicted octanol–water partition coefficient (Wildman–Crippen LogP) is 23.9. The van der Waals surface area contributed by atoms with Crippen molar-refractivity contribution in [3.8, 4) is 101 Å². The fraction of sp³-hybridized carbons (Fsp3) is 0. The lowest BCUT2D eigenvalue weighted by atomic mass is 9.97. The van der Waals surface area contributed by atoms with E-state index in [1.807, 2.05) is 97.6 Å². The number of fused-ring (bicyclic) bond motifs is 12. The van der Waals surface area contributed by atoms with Gasteiger partial charge in [0, 0.05) is 112 Å². The fourth-order valence-corrected chi connectivity index (χ4v) is 14.8. The zero-order valence-electron chi connectivity index (χ0n) is 57.0. The van der Waals surface area contributed by atoms with Gasteiger partial charge in [-0.1, -0.05) is 231 Å². The Balaban J connectivity index is 0.000000141. The van der Waals surface area contributed by atoms with Crippen LogP contribution < -0.4 is 0 Å². The van der Waals surface area contributed by atoms with Crippen molar-refractivity contribution in [2.24, 2.45) is 0 Å². The third-order valence-corrected chi connectivity index (χ3v) is 20.3. The third-order valence-electron chi connectivity index (χ3n) is 20.3. The molecule has 10 heteroatoms. The Bertz CT molecular complexity index is 7080. The van der Waals surface area contributed by atoms with E-state index >= 15 is 0 Å². The van der Waals surface area contributed by atoms with Crippen LogP contribution in [0, 0.1) is 0 Å². The lowest BCUT2D eigenvalue weighted by Crippen LogP contribution is -1.91. The molecule has 10 heterocycles. The summed E-state index contributed by atoms with van der Waals surface area (Å²) in [7, 11) is 0. The number of hydrogen-bond acceptors (Lipinski definition) is 10. The first kappa shape index (κ1) is 61.4. The molecule has 0 N–H and O–H groups in total. The van der Waals surface area contributed by atoms with Gasteiger partial charge in [0.1, 0.15) is 0 Å². The van der Waals surface area contributed by atoms with E-state index in [1.165, 1.54) is 0 Å². The summed E-state index contributed by atoms with van der Waals surface area (Å²) in [6.45, 7) is 0. The molecule has 0 aliphatic heterocycles. The Morgan fingerprint density at radius 2 is 0.500 bits per heavy atom. The summed E-state index contributed by atoms with van der Waals surface area (Å²) in [6, 6.07) is 114. The SMILES string of the molecule is c1ccc(-c2ccc3ccc4ccc(-c5ccc(-c6ccc7ccc(-c8ccc9ccc(-c%10ccnc%11ccccc%10%11)nc9c8)nc7c6)cc5)nc4c3n2)cc1.c1cnc2c(c1)ccc1c(-c3ccc(-c4ccc5ccc(-c6ccc7ccc(-c8ccnc9ccccc89)nc7c6)nc5c4)cc3)ccnc12. The van der Waals surface area contributed by atoms with E-state index in [-0.39, 0.29) is 0 Å². The van der Waals surface area contributed by atoms with Crippen LogP contribution in [-0.4, -0.2) is 49.8 Å². The highest BCUT2D eigenvalue weighted by Crippen LogP contribution is 2.38. The second kappa shape index (κ2) is 25.8. The molecule has 21 aromatic rings. The minimum Gasteiger partial charge on any atom is -0.256 e. The first-order valence-electron chi connectivity index (χ1n) is 35.4. The van der Waals surface area contributed by atoms with E-state index in [2.05, 4.69) is 275 Å². The molecule has 0 spiro atoms. The van der Waals surface area contributed by atoms with E-state index in [0.717, 1.165) is 210 Å². The maximum Gasteiger partial charge on any atom is 0.0972 e. The van der Waals surface area contributed by atoms with Crippen molar-refractivity contribution < 1.29 is 0 Å². The van der Waals surface area contributed by atoms with Crippen LogP contribution in [0.25, 0.3) is 210 Å². The van der Waals surface area contributed by atoms with Crippen LogP contribution in [-0.2, 0) is 0 Å². The molecule has 0 aliphatic rings. The molecule has 0 fully saturated rings. The van der Waals surface area contributed by atoms with E-state index in [9.17, 15) is 0 Å². The zero-order chi connectivity index (χ0) is 70.0. The quantitative estimate of drug-likeness (QED) is 0.129. The summed E-state index contributed by atoms with van der Waals surface area (Å²) in [6.07, 6.45) is 7.40. The smallest absolute Gasteiger partial charge is 0.0972 e. The lowest BCUT2D eigenvalue weighted by Gasteiger charge is -2.10. The van der Waals surface area contributed by atoms with Crippen LogP contribution in [0.5, 0.6) is 0 Å². The highest BCUT2D eigenvalue weighted by Gasteiger charge is 2.16. The number of rotatable bonds is 9. The molecule has 106 heavy (non-hydrogen) atoms. The maximum atomic E-state index is 5.16. The Kier molecular flexibility index (Phi) is 15.0. The van der Waals surface area contributed by atoms with Gasteiger partial charge in [0.25, 0.3) is 0 Å². The molecular formula is C96H58N10. The molecule has 0 bridgehead atoms. The van der Waals surface area contributed by atoms with Crippen LogP contribution in [0.3, 0.4) is 0 Å². The monoisotopic (exact) mass is 1350 g/mol. The van der Waals surface area contributed by atoms with Gasteiger partial charge in [-0.05, 0) is 130 Å². The first-order valence-corrected chi connectivity index (χ1v) is 35.4. The van der Waals surface area contributed by atoms with Crippen molar-refractivity contribution in [1.29, 1.82) is 0 Å². The van der Waals surface area contributed by atoms with Gasteiger partial charge in [-0.15, -0.1) is 0 Å². The summed E-state index contributed by atoms with van der Waals surface area (Å²) in [5, 5.41) is 10.9. The Labute approximate surface area is 608 Å². The molecule has 0 unspecified atom stereocenters. The topological polar surface area (TPSA) is 129 Å². The second-order valence-electron chi connectivity index (χ2n) is 26.7. The number of para-hydroxylation sites is 2. The van der Waals surface area contributed by atoms with E-state index in [0.29, 0.717) is 0 Å². The van der Waals surface area contributed by atoms with Crippen molar-refractivity contribution in [3.05, 3.63) is 352 Å². The molecule has 0 amide bonds. The summed E-state index contributed by atoms with van der Waals surface area (Å²) in [5.74, 6) is 0. The fourth-order valence-electron chi connectivity index (χ4n) is 14.8. The summed E-state index contributed by atoms with van der Waals surface area (Å²) >= 11 is 0. The van der Waals surface area contributed by atoms with Crippen LogP contribution >= 0.6 is 0 Å². The second-order valence-corrected chi connectivity index (χ2v) is 26.7. The van der Waals surface area contributed by atoms with Gasteiger partial charge in [-0.3, -0.25) is 19.9 Å². The molecule has 0 radical (unpaired) electrons. The average molecular weight is 1350 g/mol. The molecule has 0 aliphatic carbocycles. The Morgan fingerprint density at radius 1 is 0.151 bits per heavy atom. The average Bonchev–Trinajstić information content (AvgIpc) is 0.786. The molecule has 10 aromatic heterocycles. The summed E-state index contributed by atoms with van der Waals surface area (Å²) in [5.41, 5.74) is 28.0. The van der Waals surface area contributed by atoms with Crippen LogP contribution in [0.1, 0.15) is 0 Å². The van der Waals surface area contributed by atoms with Gasteiger partial charge < -0.3 is 0 Å². The normalized spacial score (nSPS) is 11.6. The molecule has 21 rings (SSSR count). The van der Waals surface area contributed by atoms with Gasteiger partial charge in [0.2, 0.25) is 0 Å². The van der Waals surface area contributed by atoms with Crippen LogP contribution in [0.2, 0.25) is 0 Å². The minimum absolute atomic E-state index is 0.906. The lowest BCUT2D eigenvalue weighted by molar-refractivity contribution is 1.36. The molecular weight excluding hydrogens is 1290 g/mol. The number of nitrogens with zero attached hydrogens (tertiary/aromatic N) is 10. The van der Waals surface area contributed by atoms with Gasteiger partial charge in [-0.25, -0.2) is 29.9 Å². The largest absolute Gasteiger partial charge is 0.256 e. The maximum absolute atomic E-state index is 5.16. The number of aromatic nitrogens is 10. The molecule has 0 saturated heterocycles. The Hall–Kier alpha value is -14.5. The van der Waals surface area contributed by atoms with Gasteiger partial charge in [-0.2, -0.15) is 0 Å². The number of benzene rings is 11. The standard InChI is InChI=1S/C51H31N5.C45H27N5/c1-2-6-33(7-3-1)43-25-22-37-16-17-38-23-26-44(56-51(38)50(37)55-43)34-12-10-32(11-13-34)39-18-14-35-20-24-45(53-48(35)30-39)40-19-15-36-21-27-47(54-49(36)31-40)42-28-29-52-46-9-5-4-8-41(42)46;1-2-6-40-36(5-1)37(22-24-46-40)41-20-17-31-12-14-34(27-43(31)50-41)39-19-16-30-11-13-33(26-42(30)49-39)28-7-9-29(10-8-28)35-21-25-48-45-38(35)18-15-32-4-3-23-47-44(32)45/h1-31H;1-27H. The molecule has 492 valence electrons. The zero-order valence-corrected chi connectivity index (χ0v) is 57.0. The molecule has 11 aromatic carbocycles. The van der Waals surface area contributed by atoms with Crippen molar-refractivity contribution in [1.82, 2.24) is 49.8 Å². The number of hydrogen-bond donors (Lipinski definition) is 0. The molecule has 0 saturated carbocycles. The molecule has 0 atom stereocenters. The van der Waals surface area contributed by atoms with Crippen molar-refractivity contribution in [3.63, 3.8) is 0 Å². The molecule has 10 nitrogen and oxygen atoms in total. The van der Waals surface area contributed by atoms with Crippen LogP contribution in [0.4, 0.5) is 0 Å². The van der Waals surface area contributed by atoms with Crippen molar-refractivity contribution in [2.75, 3.05) is 0 Å². The van der Waals surface area contributed by atoms with Crippen LogP contribution in [0.15, 0.2) is 352 Å². The highest BCUT2D eigenvalue weighted by atomic mass is 14.8. The van der Waals surface area contributed by atoms with Gasteiger partial charge >= 0.3 is 0 Å². The summed E-state index contributed by atoms with van der Waals surface area (Å²) in [4.78, 5) is 49.1. The van der Waals surface area contributed by atoms with E-state index in [1.54, 1.807) is 0 Å². The van der Waals surface area contributed by atoms with Crippen molar-refractivity contribution in [2.45, 2.75) is 0 Å². The van der Waals surface area contributed by atoms with E-state index < -0.39 is 0 Å². The first-order chi connectivity index (χ1) is 52.4. The minimum atomic E-state index is 0.906. The predicted molar refractivity (Wildman–Crippen MR) is 435 cm³/mol. The van der Waals surface area contributed by atoms with Gasteiger partial charge in [0.15, 0.2) is 0 Å².